The van der Waals surface area contributed by atoms with Gasteiger partial charge in [0.2, 0.25) is 0 Å². The molecule has 2 nitrogen and oxygen atoms in total. The van der Waals surface area contributed by atoms with Crippen molar-refractivity contribution >= 4 is 7.12 Å². The summed E-state index contributed by atoms with van der Waals surface area (Å²) in [5, 5.41) is 0. The van der Waals surface area contributed by atoms with E-state index >= 15 is 0 Å². The Morgan fingerprint density at radius 2 is 1.65 bits per heavy atom. The summed E-state index contributed by atoms with van der Waals surface area (Å²) in [6.07, 6.45) is 6.26. The fraction of sp³-hybridized carbons (Fsp3) is 0.571. The molecule has 2 aliphatic rings. The number of hydrogen-bond donors (Lipinski definition) is 0. The summed E-state index contributed by atoms with van der Waals surface area (Å²) in [5.41, 5.74) is 1.68. The summed E-state index contributed by atoms with van der Waals surface area (Å²) >= 11 is 0. The molecule has 1 saturated heterocycles. The zero-order valence-electron chi connectivity index (χ0n) is 11.4. The molecule has 92 valence electrons. The van der Waals surface area contributed by atoms with E-state index in [2.05, 4.69) is 47.3 Å². The minimum Gasteiger partial charge on any atom is -0.399 e. The van der Waals surface area contributed by atoms with Crippen LogP contribution in [-0.2, 0) is 9.31 Å². The van der Waals surface area contributed by atoms with E-state index in [4.69, 9.17) is 9.31 Å². The quantitative estimate of drug-likeness (QED) is 0.645. The van der Waals surface area contributed by atoms with Crippen molar-refractivity contribution in [3.8, 4) is 0 Å². The van der Waals surface area contributed by atoms with E-state index in [1.165, 1.54) is 0 Å². The lowest BCUT2D eigenvalue weighted by Gasteiger charge is -2.32. The SMILES string of the molecule is C=C1C=CC(B2OC(C)(C)C(C)(C)O2)=CC1C. The van der Waals surface area contributed by atoms with Crippen LogP contribution >= 0.6 is 0 Å². The van der Waals surface area contributed by atoms with Gasteiger partial charge < -0.3 is 9.31 Å². The molecule has 1 heterocycles. The molecule has 0 spiro atoms. The summed E-state index contributed by atoms with van der Waals surface area (Å²) in [4.78, 5) is 0. The standard InChI is InChI=1S/C14H21BO2/c1-10-7-8-12(9-11(10)2)15-16-13(3,4)14(5,6)17-15/h7-9,11H,1H2,2-6H3. The normalized spacial score (nSPS) is 30.6. The van der Waals surface area contributed by atoms with Crippen molar-refractivity contribution in [1.82, 2.24) is 0 Å². The van der Waals surface area contributed by atoms with E-state index in [1.807, 2.05) is 12.2 Å². The van der Waals surface area contributed by atoms with E-state index in [9.17, 15) is 0 Å². The minimum absolute atomic E-state index is 0.258. The largest absolute Gasteiger partial charge is 0.494 e. The van der Waals surface area contributed by atoms with Crippen LogP contribution in [0.5, 0.6) is 0 Å². The van der Waals surface area contributed by atoms with Gasteiger partial charge in [-0.3, -0.25) is 0 Å². The molecule has 0 amide bonds. The van der Waals surface area contributed by atoms with Crippen LogP contribution in [0.25, 0.3) is 0 Å². The van der Waals surface area contributed by atoms with Crippen molar-refractivity contribution in [3.05, 3.63) is 35.9 Å². The molecule has 2 rings (SSSR count). The Morgan fingerprint density at radius 1 is 1.12 bits per heavy atom. The molecule has 1 aliphatic carbocycles. The Kier molecular flexibility index (Phi) is 2.87. The van der Waals surface area contributed by atoms with Crippen LogP contribution in [0.3, 0.4) is 0 Å². The molecule has 0 bridgehead atoms. The van der Waals surface area contributed by atoms with Crippen molar-refractivity contribution in [2.45, 2.75) is 45.8 Å². The van der Waals surface area contributed by atoms with Gasteiger partial charge in [0.05, 0.1) is 11.2 Å². The van der Waals surface area contributed by atoms with Crippen LogP contribution in [0.2, 0.25) is 0 Å². The molecule has 0 aromatic rings. The van der Waals surface area contributed by atoms with E-state index < -0.39 is 0 Å². The monoisotopic (exact) mass is 232 g/mol. The second kappa shape index (κ2) is 3.86. The Bertz CT molecular complexity index is 388. The maximum absolute atomic E-state index is 6.02. The lowest BCUT2D eigenvalue weighted by atomic mass is 9.73. The van der Waals surface area contributed by atoms with Gasteiger partial charge in [-0.15, -0.1) is 0 Å². The van der Waals surface area contributed by atoms with Crippen molar-refractivity contribution < 1.29 is 9.31 Å². The molecule has 0 N–H and O–H groups in total. The van der Waals surface area contributed by atoms with Crippen molar-refractivity contribution in [2.24, 2.45) is 5.92 Å². The van der Waals surface area contributed by atoms with Gasteiger partial charge in [-0.2, -0.15) is 0 Å². The van der Waals surface area contributed by atoms with Crippen LogP contribution in [0.1, 0.15) is 34.6 Å². The van der Waals surface area contributed by atoms with Gasteiger partial charge in [0.1, 0.15) is 0 Å². The summed E-state index contributed by atoms with van der Waals surface area (Å²) < 4.78 is 12.0. The zero-order valence-corrected chi connectivity index (χ0v) is 11.4. The van der Waals surface area contributed by atoms with Crippen LogP contribution in [0.15, 0.2) is 35.9 Å². The summed E-state index contributed by atoms with van der Waals surface area (Å²) in [6.45, 7) is 14.4. The van der Waals surface area contributed by atoms with Crippen LogP contribution in [0.4, 0.5) is 0 Å². The summed E-state index contributed by atoms with van der Waals surface area (Å²) in [6, 6.07) is 0. The first-order valence-electron chi connectivity index (χ1n) is 6.17. The number of rotatable bonds is 1. The molecule has 0 radical (unpaired) electrons. The predicted octanol–water partition coefficient (Wildman–Crippen LogP) is 3.31. The van der Waals surface area contributed by atoms with Gasteiger partial charge in [-0.05, 0) is 44.7 Å². The maximum atomic E-state index is 6.02. The van der Waals surface area contributed by atoms with Crippen LogP contribution in [0, 0.1) is 5.92 Å². The van der Waals surface area contributed by atoms with Gasteiger partial charge in [-0.25, -0.2) is 0 Å². The highest BCUT2D eigenvalue weighted by Gasteiger charge is 2.52. The highest BCUT2D eigenvalue weighted by atomic mass is 16.7. The van der Waals surface area contributed by atoms with Crippen LogP contribution in [-0.4, -0.2) is 18.3 Å². The molecule has 1 fully saturated rings. The topological polar surface area (TPSA) is 18.5 Å². The van der Waals surface area contributed by atoms with E-state index in [-0.39, 0.29) is 18.3 Å². The van der Waals surface area contributed by atoms with Gasteiger partial charge in [0, 0.05) is 0 Å². The molecule has 0 saturated carbocycles. The van der Waals surface area contributed by atoms with Gasteiger partial charge in [0.15, 0.2) is 0 Å². The first-order valence-corrected chi connectivity index (χ1v) is 6.17. The summed E-state index contributed by atoms with van der Waals surface area (Å²) in [7, 11) is -0.258. The van der Waals surface area contributed by atoms with E-state index in [1.54, 1.807) is 0 Å². The first-order chi connectivity index (χ1) is 7.73. The van der Waals surface area contributed by atoms with Crippen molar-refractivity contribution in [2.75, 3.05) is 0 Å². The second-order valence-corrected chi connectivity index (χ2v) is 5.95. The Hall–Kier alpha value is -0.795. The maximum Gasteiger partial charge on any atom is 0.494 e. The fourth-order valence-electron chi connectivity index (χ4n) is 1.94. The zero-order chi connectivity index (χ0) is 12.8. The lowest BCUT2D eigenvalue weighted by Crippen LogP contribution is -2.41. The minimum atomic E-state index is -0.274. The highest BCUT2D eigenvalue weighted by molar-refractivity contribution is 6.55. The highest BCUT2D eigenvalue weighted by Crippen LogP contribution is 2.39. The van der Waals surface area contributed by atoms with Crippen LogP contribution < -0.4 is 0 Å². The molecule has 1 atom stereocenters. The van der Waals surface area contributed by atoms with Crippen molar-refractivity contribution in [1.29, 1.82) is 0 Å². The second-order valence-electron chi connectivity index (χ2n) is 5.95. The number of hydrogen-bond acceptors (Lipinski definition) is 2. The molecule has 17 heavy (non-hydrogen) atoms. The Labute approximate surface area is 105 Å². The first kappa shape index (κ1) is 12.7. The predicted molar refractivity (Wildman–Crippen MR) is 71.6 cm³/mol. The fourth-order valence-corrected chi connectivity index (χ4v) is 1.94. The molecular weight excluding hydrogens is 211 g/mol. The average Bonchev–Trinajstić information content (AvgIpc) is 2.41. The molecule has 1 unspecified atom stereocenters. The lowest BCUT2D eigenvalue weighted by molar-refractivity contribution is 0.00578. The molecule has 3 heteroatoms. The smallest absolute Gasteiger partial charge is 0.399 e. The molecular formula is C14H21BO2. The third-order valence-corrected chi connectivity index (χ3v) is 4.04. The molecule has 1 aliphatic heterocycles. The van der Waals surface area contributed by atoms with E-state index in [0.717, 1.165) is 11.0 Å². The molecule has 0 aromatic carbocycles. The summed E-state index contributed by atoms with van der Waals surface area (Å²) in [5.74, 6) is 0.356. The van der Waals surface area contributed by atoms with Gasteiger partial charge >= 0.3 is 7.12 Å². The Morgan fingerprint density at radius 3 is 2.12 bits per heavy atom. The van der Waals surface area contributed by atoms with Gasteiger partial charge in [0.25, 0.3) is 0 Å². The molecule has 0 aromatic heterocycles. The number of allylic oxidation sites excluding steroid dienone is 5. The third-order valence-electron chi connectivity index (χ3n) is 4.04. The average molecular weight is 232 g/mol. The third kappa shape index (κ3) is 2.14. The van der Waals surface area contributed by atoms with Gasteiger partial charge in [-0.1, -0.05) is 31.7 Å². The Balaban J connectivity index is 2.20. The van der Waals surface area contributed by atoms with Crippen molar-refractivity contribution in [3.63, 3.8) is 0 Å². The van der Waals surface area contributed by atoms with E-state index in [0.29, 0.717) is 5.92 Å².